The molecule has 0 fully saturated rings. The second-order valence-corrected chi connectivity index (χ2v) is 27.0. The monoisotopic (exact) mass is 508 g/mol. The summed E-state index contributed by atoms with van der Waals surface area (Å²) in [6, 6.07) is 0. The number of hydrogen-bond donors (Lipinski definition) is 0. The third kappa shape index (κ3) is 11.1. The zero-order valence-electron chi connectivity index (χ0n) is 20.2. The van der Waals surface area contributed by atoms with Crippen LogP contribution in [0, 0.1) is 5.41 Å². The van der Waals surface area contributed by atoms with Crippen molar-refractivity contribution in [2.45, 2.75) is 125 Å². The molecule has 0 N–H and O–H groups in total. The molecule has 4 heteroatoms. The molecule has 164 valence electrons. The summed E-state index contributed by atoms with van der Waals surface area (Å²) in [5, 5.41) is 8.26. The van der Waals surface area contributed by atoms with Crippen LogP contribution in [-0.2, 0) is 7.53 Å². The molecule has 0 saturated carbocycles. The van der Waals surface area contributed by atoms with Gasteiger partial charge in [0.15, 0.2) is 0 Å². The van der Waals surface area contributed by atoms with E-state index in [2.05, 4.69) is 55.4 Å². The summed E-state index contributed by atoms with van der Waals surface area (Å²) in [7, 11) is 0. The topological polar surface area (TPSA) is 18.5 Å². The molecule has 0 spiro atoms. The fraction of sp³-hybridized carbons (Fsp3) is 1.00. The van der Waals surface area contributed by atoms with Gasteiger partial charge in [0.1, 0.15) is 0 Å². The van der Waals surface area contributed by atoms with E-state index >= 15 is 0 Å². The Morgan fingerprint density at radius 2 is 0.704 bits per heavy atom. The summed E-state index contributed by atoms with van der Waals surface area (Å²) in [6.07, 6.45) is 7.74. The Morgan fingerprint density at radius 1 is 0.481 bits per heavy atom. The van der Waals surface area contributed by atoms with E-state index < -0.39 is 27.2 Å². The van der Waals surface area contributed by atoms with E-state index in [1.807, 2.05) is 0 Å². The van der Waals surface area contributed by atoms with Crippen molar-refractivity contribution in [1.29, 1.82) is 0 Å². The van der Waals surface area contributed by atoms with E-state index in [1.54, 1.807) is 0 Å². The van der Waals surface area contributed by atoms with Gasteiger partial charge < -0.3 is 0 Å². The summed E-state index contributed by atoms with van der Waals surface area (Å²) in [6.45, 7) is 20.6. The summed E-state index contributed by atoms with van der Waals surface area (Å²) in [5.74, 6) is 0. The van der Waals surface area contributed by atoms with Crippen molar-refractivity contribution in [2.75, 3.05) is 13.2 Å². The minimum absolute atomic E-state index is 0.150. The van der Waals surface area contributed by atoms with Crippen LogP contribution in [0.5, 0.6) is 0 Å². The second kappa shape index (κ2) is 14.9. The molecule has 27 heavy (non-hydrogen) atoms. The van der Waals surface area contributed by atoms with E-state index in [9.17, 15) is 0 Å². The number of hydrogen-bond acceptors (Lipinski definition) is 2. The van der Waals surface area contributed by atoms with Gasteiger partial charge in [-0.15, -0.1) is 0 Å². The van der Waals surface area contributed by atoms with Gasteiger partial charge in [0, 0.05) is 0 Å². The van der Waals surface area contributed by atoms with Gasteiger partial charge in [-0.3, -0.25) is 0 Å². The average molecular weight is 506 g/mol. The molecule has 2 nitrogen and oxygen atoms in total. The molecule has 0 heterocycles. The fourth-order valence-electron chi connectivity index (χ4n) is 4.66. The van der Waals surface area contributed by atoms with Crippen molar-refractivity contribution >= 4 is 27.2 Å². The first-order chi connectivity index (χ1) is 12.8. The molecule has 0 aliphatic carbocycles. The molecule has 0 rings (SSSR count). The normalized spacial score (nSPS) is 13.3. The van der Waals surface area contributed by atoms with Crippen LogP contribution in [-0.4, -0.2) is 40.4 Å². The summed E-state index contributed by atoms with van der Waals surface area (Å²) < 4.78 is 13.8. The molecule has 0 saturated heterocycles. The van der Waals surface area contributed by atoms with Gasteiger partial charge in [-0.05, 0) is 0 Å². The van der Waals surface area contributed by atoms with E-state index in [4.69, 9.17) is 7.53 Å². The van der Waals surface area contributed by atoms with Crippen LogP contribution < -0.4 is 0 Å². The fourth-order valence-corrected chi connectivity index (χ4v) is 24.0. The molecular weight excluding hydrogens is 453 g/mol. The van der Waals surface area contributed by atoms with Gasteiger partial charge >= 0.3 is 179 Å². The van der Waals surface area contributed by atoms with Gasteiger partial charge in [-0.25, -0.2) is 0 Å². The molecule has 0 aromatic carbocycles. The van der Waals surface area contributed by atoms with Gasteiger partial charge in [-0.1, -0.05) is 0 Å². The number of rotatable bonds is 18. The SMILES string of the molecule is CC[CH2][Ge]([CH2]CC)([CH2]CC)[O]CC(C)(C)C[O][Ge]([CH2]CC)([CH2]CC)[CH2]CC. The van der Waals surface area contributed by atoms with Crippen molar-refractivity contribution in [2.24, 2.45) is 5.41 Å². The Bertz CT molecular complexity index is 292. The summed E-state index contributed by atoms with van der Waals surface area (Å²) in [4.78, 5) is 0. The standard InChI is InChI=1S/C23H52Ge2O2/c1-9-15-24(16-10-2,17-11-3)26-21-23(7,8)22-27-25(18-12-4,19-13-5)20-14-6/h9-22H2,1-8H3. The molecule has 0 bridgehead atoms. The second-order valence-electron chi connectivity index (χ2n) is 9.61. The van der Waals surface area contributed by atoms with Gasteiger partial charge in [0.05, 0.1) is 0 Å². The molecule has 0 atom stereocenters. The van der Waals surface area contributed by atoms with Crippen LogP contribution in [0.2, 0.25) is 31.5 Å². The predicted octanol–water partition coefficient (Wildman–Crippen LogP) is 8.40. The Balaban J connectivity index is 5.00. The zero-order chi connectivity index (χ0) is 20.8. The molecule has 0 amide bonds. The Morgan fingerprint density at radius 3 is 0.889 bits per heavy atom. The molecule has 0 unspecified atom stereocenters. The van der Waals surface area contributed by atoms with Crippen molar-refractivity contribution in [3.8, 4) is 0 Å². The van der Waals surface area contributed by atoms with Crippen molar-refractivity contribution in [3.63, 3.8) is 0 Å². The van der Waals surface area contributed by atoms with Crippen LogP contribution in [0.15, 0.2) is 0 Å². The molecule has 0 aromatic rings. The van der Waals surface area contributed by atoms with E-state index in [0.29, 0.717) is 0 Å². The Hall–Kier alpha value is 1.01. The summed E-state index contributed by atoms with van der Waals surface area (Å²) >= 11 is -4.29. The first kappa shape index (κ1) is 28.0. The van der Waals surface area contributed by atoms with E-state index in [1.165, 1.54) is 70.0 Å². The van der Waals surface area contributed by atoms with Gasteiger partial charge in [-0.2, -0.15) is 0 Å². The molecule has 0 aromatic heterocycles. The average Bonchev–Trinajstić information content (AvgIpc) is 2.60. The van der Waals surface area contributed by atoms with Crippen molar-refractivity contribution in [3.05, 3.63) is 0 Å². The van der Waals surface area contributed by atoms with Crippen LogP contribution in [0.4, 0.5) is 0 Å². The Kier molecular flexibility index (Phi) is 15.5. The molecular formula is C23H52Ge2O2. The van der Waals surface area contributed by atoms with Crippen LogP contribution >= 0.6 is 0 Å². The first-order valence-electron chi connectivity index (χ1n) is 12.1. The van der Waals surface area contributed by atoms with Crippen LogP contribution in [0.1, 0.15) is 93.9 Å². The molecule has 0 radical (unpaired) electrons. The van der Waals surface area contributed by atoms with Gasteiger partial charge in [0.25, 0.3) is 0 Å². The van der Waals surface area contributed by atoms with Crippen molar-refractivity contribution < 1.29 is 7.53 Å². The van der Waals surface area contributed by atoms with Crippen LogP contribution in [0.25, 0.3) is 0 Å². The maximum atomic E-state index is 6.89. The first-order valence-corrected chi connectivity index (χ1v) is 22.7. The quantitative estimate of drug-likeness (QED) is 0.174. The third-order valence-corrected chi connectivity index (χ3v) is 26.7. The predicted molar refractivity (Wildman–Crippen MR) is 128 cm³/mol. The van der Waals surface area contributed by atoms with Crippen LogP contribution in [0.3, 0.4) is 0 Å². The zero-order valence-corrected chi connectivity index (χ0v) is 24.4. The molecule has 0 aliphatic rings. The summed E-state index contributed by atoms with van der Waals surface area (Å²) in [5.41, 5.74) is 0.150. The van der Waals surface area contributed by atoms with E-state index in [0.717, 1.165) is 13.2 Å². The van der Waals surface area contributed by atoms with Crippen molar-refractivity contribution in [1.82, 2.24) is 0 Å². The third-order valence-electron chi connectivity index (χ3n) is 5.77. The van der Waals surface area contributed by atoms with E-state index in [-0.39, 0.29) is 5.41 Å². The molecule has 0 aliphatic heterocycles. The minimum atomic E-state index is -2.14. The Labute approximate surface area is 178 Å². The van der Waals surface area contributed by atoms with Gasteiger partial charge in [0.2, 0.25) is 0 Å². The maximum absolute atomic E-state index is 6.89.